The van der Waals surface area contributed by atoms with E-state index in [2.05, 4.69) is 82.1 Å². The van der Waals surface area contributed by atoms with Crippen molar-refractivity contribution in [2.45, 2.75) is 118 Å². The number of Topliss-reactive ketones (excluding diaryl/α,β-unsaturated/α-hetero) is 1. The molecule has 2 unspecified atom stereocenters. The summed E-state index contributed by atoms with van der Waals surface area (Å²) in [5.41, 5.74) is 6.92. The maximum absolute atomic E-state index is 13.3. The van der Waals surface area contributed by atoms with Crippen LogP contribution < -0.4 is 5.32 Å². The summed E-state index contributed by atoms with van der Waals surface area (Å²) in [6, 6.07) is 12.5. The number of carbonyl (C=O) groups excluding carboxylic acids is 2. The van der Waals surface area contributed by atoms with E-state index >= 15 is 0 Å². The van der Waals surface area contributed by atoms with Gasteiger partial charge >= 0.3 is 0 Å². The molecule has 0 bridgehead atoms. The Bertz CT molecular complexity index is 1140. The molecular weight excluding hydrogens is 530 g/mol. The van der Waals surface area contributed by atoms with E-state index in [0.717, 1.165) is 79.7 Å². The molecule has 1 amide bonds. The Morgan fingerprint density at radius 2 is 1.42 bits per heavy atom. The smallest absolute Gasteiger partial charge is 0.241 e. The van der Waals surface area contributed by atoms with Crippen molar-refractivity contribution < 1.29 is 14.1 Å². The van der Waals surface area contributed by atoms with Crippen LogP contribution in [0.4, 0.5) is 5.69 Å². The third-order valence-corrected chi connectivity index (χ3v) is 9.87. The van der Waals surface area contributed by atoms with E-state index in [0.29, 0.717) is 18.7 Å². The van der Waals surface area contributed by atoms with Crippen molar-refractivity contribution >= 4 is 17.4 Å². The fourth-order valence-corrected chi connectivity index (χ4v) is 7.17. The van der Waals surface area contributed by atoms with Gasteiger partial charge < -0.3 is 9.80 Å². The van der Waals surface area contributed by atoms with Crippen molar-refractivity contribution in [1.82, 2.24) is 4.90 Å². The van der Waals surface area contributed by atoms with Gasteiger partial charge in [0, 0.05) is 12.1 Å². The molecule has 2 atom stereocenters. The van der Waals surface area contributed by atoms with Crippen LogP contribution in [0.3, 0.4) is 0 Å². The molecular formula is C38H60N3O2+. The summed E-state index contributed by atoms with van der Waals surface area (Å²) < 4.78 is 0.931. The molecule has 1 aliphatic rings. The molecule has 5 nitrogen and oxygen atoms in total. The number of likely N-dealkylation sites (N-methyl/N-ethyl adjacent to an activating group) is 1. The van der Waals surface area contributed by atoms with Crippen LogP contribution in [0, 0.1) is 27.7 Å². The van der Waals surface area contributed by atoms with E-state index in [-0.39, 0.29) is 11.9 Å². The molecule has 1 heterocycles. The zero-order valence-electron chi connectivity index (χ0n) is 28.3. The number of ketones is 1. The first kappa shape index (κ1) is 35.0. The molecule has 1 N–H and O–H groups in total. The number of amides is 1. The van der Waals surface area contributed by atoms with Gasteiger partial charge in [0.05, 0.1) is 25.7 Å². The number of hydrogen-bond donors (Lipinski definition) is 1. The standard InChI is InChI=1S/C38H59N3O2/c1-7-26-41(8-2,29-34(42)28-35-30(3)19-17-20-31(35)4)27-16-12-10-9-11-14-24-40-25-15-13-23-36(40)38(43)39-37-32(5)21-18-22-33(37)6/h17-22,36H,7-16,23-29H2,1-6H3/p+1. The minimum absolute atomic E-state index is 0.0105. The van der Waals surface area contributed by atoms with Gasteiger partial charge in [-0.25, -0.2) is 0 Å². The highest BCUT2D eigenvalue weighted by atomic mass is 16.2. The average molecular weight is 591 g/mol. The van der Waals surface area contributed by atoms with Crippen LogP contribution in [0.2, 0.25) is 0 Å². The summed E-state index contributed by atoms with van der Waals surface area (Å²) in [7, 11) is 0. The molecule has 2 aromatic rings. The van der Waals surface area contributed by atoms with Crippen molar-refractivity contribution in [3.05, 3.63) is 64.2 Å². The Morgan fingerprint density at radius 3 is 2.05 bits per heavy atom. The Morgan fingerprint density at radius 1 is 0.814 bits per heavy atom. The van der Waals surface area contributed by atoms with Crippen molar-refractivity contribution in [2.75, 3.05) is 44.6 Å². The maximum Gasteiger partial charge on any atom is 0.241 e. The molecule has 0 aromatic heterocycles. The van der Waals surface area contributed by atoms with Gasteiger partial charge in [-0.2, -0.15) is 0 Å². The van der Waals surface area contributed by atoms with Gasteiger partial charge in [0.25, 0.3) is 0 Å². The Hall–Kier alpha value is -2.50. The second kappa shape index (κ2) is 17.7. The summed E-state index contributed by atoms with van der Waals surface area (Å²) in [6.07, 6.45) is 12.3. The highest BCUT2D eigenvalue weighted by molar-refractivity contribution is 5.96. The lowest BCUT2D eigenvalue weighted by atomic mass is 9.97. The summed E-state index contributed by atoms with van der Waals surface area (Å²) in [6.45, 7) is 18.8. The number of carbonyl (C=O) groups is 2. The second-order valence-corrected chi connectivity index (χ2v) is 13.3. The minimum atomic E-state index is -0.0105. The summed E-state index contributed by atoms with van der Waals surface area (Å²) in [5.74, 6) is 0.542. The quantitative estimate of drug-likeness (QED) is 0.141. The number of nitrogens with zero attached hydrogens (tertiary/aromatic N) is 2. The second-order valence-electron chi connectivity index (χ2n) is 13.3. The largest absolute Gasteiger partial charge is 0.324 e. The number of hydrogen-bond acceptors (Lipinski definition) is 3. The van der Waals surface area contributed by atoms with E-state index in [1.807, 2.05) is 6.07 Å². The monoisotopic (exact) mass is 590 g/mol. The Balaban J connectivity index is 1.39. The first-order chi connectivity index (χ1) is 20.7. The highest BCUT2D eigenvalue weighted by Crippen LogP contribution is 2.24. The van der Waals surface area contributed by atoms with Crippen LogP contribution in [-0.2, 0) is 16.0 Å². The lowest BCUT2D eigenvalue weighted by molar-refractivity contribution is -0.919. The van der Waals surface area contributed by atoms with E-state index in [1.54, 1.807) is 0 Å². The zero-order chi connectivity index (χ0) is 31.2. The van der Waals surface area contributed by atoms with Crippen molar-refractivity contribution in [2.24, 2.45) is 0 Å². The van der Waals surface area contributed by atoms with Crippen LogP contribution in [-0.4, -0.2) is 66.4 Å². The number of quaternary nitrogens is 1. The molecule has 0 saturated carbocycles. The zero-order valence-corrected chi connectivity index (χ0v) is 28.3. The molecule has 0 aliphatic carbocycles. The van der Waals surface area contributed by atoms with Gasteiger partial charge in [-0.15, -0.1) is 0 Å². The topological polar surface area (TPSA) is 49.4 Å². The Labute approximate surface area is 263 Å². The average Bonchev–Trinajstić information content (AvgIpc) is 2.98. The van der Waals surface area contributed by atoms with Gasteiger partial charge in [0.15, 0.2) is 5.78 Å². The number of aryl methyl sites for hydroxylation is 4. The minimum Gasteiger partial charge on any atom is -0.324 e. The number of likely N-dealkylation sites (tertiary alicyclic amines) is 1. The molecule has 0 spiro atoms. The lowest BCUT2D eigenvalue weighted by Gasteiger charge is -2.37. The van der Waals surface area contributed by atoms with E-state index in [4.69, 9.17) is 0 Å². The molecule has 5 heteroatoms. The molecule has 1 saturated heterocycles. The first-order valence-corrected chi connectivity index (χ1v) is 17.2. The maximum atomic E-state index is 13.3. The van der Waals surface area contributed by atoms with Gasteiger partial charge in [-0.05, 0) is 114 Å². The van der Waals surface area contributed by atoms with Crippen LogP contribution in [0.15, 0.2) is 36.4 Å². The molecule has 238 valence electrons. The number of piperidine rings is 1. The molecule has 1 fully saturated rings. The molecule has 0 radical (unpaired) electrons. The highest BCUT2D eigenvalue weighted by Gasteiger charge is 2.29. The first-order valence-electron chi connectivity index (χ1n) is 17.2. The van der Waals surface area contributed by atoms with Crippen molar-refractivity contribution in [3.8, 4) is 0 Å². The van der Waals surface area contributed by atoms with Crippen LogP contribution in [0.25, 0.3) is 0 Å². The SMILES string of the molecule is CCC[N+](CC)(CCCCCCCCN1CCCCC1C(=O)Nc1c(C)cccc1C)CC(=O)Cc1c(C)cccc1C. The molecule has 2 aromatic carbocycles. The van der Waals surface area contributed by atoms with Crippen LogP contribution >= 0.6 is 0 Å². The fraction of sp³-hybridized carbons (Fsp3) is 0.632. The van der Waals surface area contributed by atoms with Gasteiger partial charge in [-0.1, -0.05) is 69.0 Å². The molecule has 43 heavy (non-hydrogen) atoms. The van der Waals surface area contributed by atoms with E-state index in [9.17, 15) is 9.59 Å². The van der Waals surface area contributed by atoms with Crippen molar-refractivity contribution in [1.29, 1.82) is 0 Å². The number of nitrogens with one attached hydrogen (secondary N) is 1. The molecule has 3 rings (SSSR count). The summed E-state index contributed by atoms with van der Waals surface area (Å²) >= 11 is 0. The number of rotatable bonds is 18. The number of para-hydroxylation sites is 1. The van der Waals surface area contributed by atoms with Gasteiger partial charge in [0.2, 0.25) is 5.91 Å². The predicted molar refractivity (Wildman–Crippen MR) is 182 cm³/mol. The van der Waals surface area contributed by atoms with E-state index in [1.165, 1.54) is 55.2 Å². The normalized spacial score (nSPS) is 17.0. The molecule has 1 aliphatic heterocycles. The van der Waals surface area contributed by atoms with Gasteiger partial charge in [-0.3, -0.25) is 14.5 Å². The lowest BCUT2D eigenvalue weighted by Crippen LogP contribution is -2.52. The van der Waals surface area contributed by atoms with Crippen LogP contribution in [0.1, 0.15) is 106 Å². The predicted octanol–water partition coefficient (Wildman–Crippen LogP) is 8.11. The number of benzene rings is 2. The Kier molecular flexibility index (Phi) is 14.4. The fourth-order valence-electron chi connectivity index (χ4n) is 7.17. The van der Waals surface area contributed by atoms with Crippen LogP contribution in [0.5, 0.6) is 0 Å². The summed E-state index contributed by atoms with van der Waals surface area (Å²) in [4.78, 5) is 28.9. The van der Waals surface area contributed by atoms with Gasteiger partial charge in [0.1, 0.15) is 6.54 Å². The number of unbranched alkanes of at least 4 members (excludes halogenated alkanes) is 5. The van der Waals surface area contributed by atoms with E-state index < -0.39 is 0 Å². The summed E-state index contributed by atoms with van der Waals surface area (Å²) in [5, 5.41) is 3.25. The van der Waals surface area contributed by atoms with Crippen molar-refractivity contribution in [3.63, 3.8) is 0 Å². The third kappa shape index (κ3) is 10.6. The third-order valence-electron chi connectivity index (χ3n) is 9.87. The number of anilines is 1.